The number of halogens is 1. The standard InChI is InChI=1S/C27H19ClN4O2S/c1-3-31-26(33)21(16(2)22(15-29)27(31)34)13-20-14-23-24(32(20)19-7-5-4-6-8-19)30-25(35-23)17-9-11-18(28)12-10-17/h4-14H,3H2,1-2H3/b21-13-. The largest absolute Gasteiger partial charge is 0.294 e. The molecule has 0 N–H and O–H groups in total. The molecule has 2 aromatic carbocycles. The van der Waals surface area contributed by atoms with Crippen LogP contribution in [0.4, 0.5) is 0 Å². The van der Waals surface area contributed by atoms with Crippen LogP contribution >= 0.6 is 22.9 Å². The molecule has 4 aromatic rings. The van der Waals surface area contributed by atoms with Crippen LogP contribution in [0.2, 0.25) is 5.02 Å². The Kier molecular flexibility index (Phi) is 5.85. The maximum absolute atomic E-state index is 13.2. The third kappa shape index (κ3) is 3.87. The van der Waals surface area contributed by atoms with E-state index in [4.69, 9.17) is 16.6 Å². The fourth-order valence-corrected chi connectivity index (χ4v) is 5.26. The van der Waals surface area contributed by atoms with Gasteiger partial charge in [-0.1, -0.05) is 41.9 Å². The van der Waals surface area contributed by atoms with E-state index in [1.165, 1.54) is 0 Å². The summed E-state index contributed by atoms with van der Waals surface area (Å²) in [4.78, 5) is 31.7. The number of benzene rings is 2. The number of rotatable bonds is 4. The molecular formula is C27H19ClN4O2S. The lowest BCUT2D eigenvalue weighted by Crippen LogP contribution is -2.42. The van der Waals surface area contributed by atoms with E-state index >= 15 is 0 Å². The number of hydrogen-bond acceptors (Lipinski definition) is 5. The molecule has 0 radical (unpaired) electrons. The van der Waals surface area contributed by atoms with Crippen molar-refractivity contribution in [1.29, 1.82) is 5.26 Å². The first-order valence-corrected chi connectivity index (χ1v) is 12.1. The highest BCUT2D eigenvalue weighted by Crippen LogP contribution is 2.36. The molecule has 0 unspecified atom stereocenters. The zero-order valence-corrected chi connectivity index (χ0v) is 20.5. The Hall–Kier alpha value is -3.99. The second-order valence-electron chi connectivity index (χ2n) is 7.98. The highest BCUT2D eigenvalue weighted by Gasteiger charge is 2.34. The van der Waals surface area contributed by atoms with Crippen molar-refractivity contribution in [3.63, 3.8) is 0 Å². The van der Waals surface area contributed by atoms with Gasteiger partial charge in [-0.15, -0.1) is 11.3 Å². The summed E-state index contributed by atoms with van der Waals surface area (Å²) in [6.45, 7) is 3.55. The molecule has 0 saturated heterocycles. The average Bonchev–Trinajstić information content (AvgIpc) is 3.41. The molecule has 0 aliphatic carbocycles. The first-order chi connectivity index (χ1) is 16.9. The van der Waals surface area contributed by atoms with E-state index in [2.05, 4.69) is 0 Å². The quantitative estimate of drug-likeness (QED) is 0.254. The second kappa shape index (κ2) is 8.99. The number of para-hydroxylation sites is 1. The van der Waals surface area contributed by atoms with Crippen LogP contribution in [-0.4, -0.2) is 32.8 Å². The van der Waals surface area contributed by atoms with E-state index in [9.17, 15) is 14.9 Å². The molecule has 0 bridgehead atoms. The van der Waals surface area contributed by atoms with Crippen LogP contribution in [-0.2, 0) is 9.59 Å². The number of fused-ring (bicyclic) bond motifs is 1. The molecule has 35 heavy (non-hydrogen) atoms. The first-order valence-electron chi connectivity index (χ1n) is 11.0. The molecule has 0 spiro atoms. The number of likely N-dealkylation sites (N-methyl/N-ethyl adjacent to an activating group) is 1. The summed E-state index contributed by atoms with van der Waals surface area (Å²) < 4.78 is 2.93. The molecule has 1 aliphatic heterocycles. The van der Waals surface area contributed by atoms with Crippen molar-refractivity contribution >= 4 is 51.2 Å². The summed E-state index contributed by atoms with van der Waals surface area (Å²) in [7, 11) is 0. The molecule has 3 heterocycles. The monoisotopic (exact) mass is 498 g/mol. The number of carbonyl (C=O) groups excluding carboxylic acids is 2. The third-order valence-electron chi connectivity index (χ3n) is 5.92. The minimum atomic E-state index is -0.552. The van der Waals surface area contributed by atoms with E-state index in [1.54, 1.807) is 31.3 Å². The Morgan fingerprint density at radius 2 is 1.80 bits per heavy atom. The third-order valence-corrected chi connectivity index (χ3v) is 7.22. The van der Waals surface area contributed by atoms with Gasteiger partial charge in [0.25, 0.3) is 11.8 Å². The van der Waals surface area contributed by atoms with Crippen LogP contribution in [0.5, 0.6) is 0 Å². The molecule has 1 aliphatic rings. The van der Waals surface area contributed by atoms with Crippen molar-refractivity contribution in [2.24, 2.45) is 0 Å². The van der Waals surface area contributed by atoms with Gasteiger partial charge in [-0.05, 0) is 55.8 Å². The van der Waals surface area contributed by atoms with Crippen molar-refractivity contribution < 1.29 is 9.59 Å². The van der Waals surface area contributed by atoms with Crippen LogP contribution in [0.25, 0.3) is 32.7 Å². The van der Waals surface area contributed by atoms with Gasteiger partial charge in [0, 0.05) is 34.1 Å². The number of nitriles is 1. The van der Waals surface area contributed by atoms with E-state index in [-0.39, 0.29) is 12.1 Å². The van der Waals surface area contributed by atoms with Gasteiger partial charge in [0.2, 0.25) is 0 Å². The zero-order chi connectivity index (χ0) is 24.7. The minimum Gasteiger partial charge on any atom is -0.294 e. The molecule has 6 nitrogen and oxygen atoms in total. The molecule has 0 atom stereocenters. The fourth-order valence-electron chi connectivity index (χ4n) is 4.13. The van der Waals surface area contributed by atoms with Crippen molar-refractivity contribution in [3.8, 4) is 22.3 Å². The van der Waals surface area contributed by atoms with Crippen LogP contribution in [0.15, 0.2) is 77.4 Å². The van der Waals surface area contributed by atoms with E-state index < -0.39 is 11.8 Å². The lowest BCUT2D eigenvalue weighted by atomic mass is 9.94. The summed E-state index contributed by atoms with van der Waals surface area (Å²) in [5.41, 5.74) is 4.03. The lowest BCUT2D eigenvalue weighted by molar-refractivity contribution is -0.140. The lowest BCUT2D eigenvalue weighted by Gasteiger charge is -2.26. The van der Waals surface area contributed by atoms with Gasteiger partial charge in [-0.2, -0.15) is 5.26 Å². The van der Waals surface area contributed by atoms with Gasteiger partial charge in [-0.25, -0.2) is 4.98 Å². The fraction of sp³-hybridized carbons (Fsp3) is 0.111. The van der Waals surface area contributed by atoms with Crippen molar-refractivity contribution in [2.45, 2.75) is 13.8 Å². The van der Waals surface area contributed by atoms with E-state index in [0.29, 0.717) is 16.2 Å². The van der Waals surface area contributed by atoms with Gasteiger partial charge in [-0.3, -0.25) is 19.1 Å². The number of imide groups is 1. The Morgan fingerprint density at radius 3 is 2.46 bits per heavy atom. The number of aromatic nitrogens is 2. The van der Waals surface area contributed by atoms with Crippen molar-refractivity contribution in [1.82, 2.24) is 14.5 Å². The molecule has 0 fully saturated rings. The molecule has 172 valence electrons. The van der Waals surface area contributed by atoms with E-state index in [1.807, 2.05) is 71.3 Å². The molecule has 5 rings (SSSR count). The summed E-state index contributed by atoms with van der Waals surface area (Å²) >= 11 is 7.59. The molecule has 0 saturated carbocycles. The highest BCUT2D eigenvalue weighted by molar-refractivity contribution is 7.21. The van der Waals surface area contributed by atoms with Gasteiger partial charge in [0.1, 0.15) is 16.6 Å². The Balaban J connectivity index is 1.73. The maximum atomic E-state index is 13.2. The minimum absolute atomic E-state index is 0.0134. The predicted octanol–water partition coefficient (Wildman–Crippen LogP) is 6.02. The predicted molar refractivity (Wildman–Crippen MR) is 138 cm³/mol. The first kappa shape index (κ1) is 22.8. The average molecular weight is 499 g/mol. The topological polar surface area (TPSA) is 79.0 Å². The van der Waals surface area contributed by atoms with Crippen LogP contribution in [0, 0.1) is 11.3 Å². The number of nitrogens with zero attached hydrogens (tertiary/aromatic N) is 4. The molecule has 8 heteroatoms. The van der Waals surface area contributed by atoms with Crippen molar-refractivity contribution in [2.75, 3.05) is 6.54 Å². The summed E-state index contributed by atoms with van der Waals surface area (Å²) in [6, 6.07) is 21.2. The van der Waals surface area contributed by atoms with Gasteiger partial charge in [0.05, 0.1) is 4.70 Å². The van der Waals surface area contributed by atoms with Crippen molar-refractivity contribution in [3.05, 3.63) is 88.1 Å². The summed E-state index contributed by atoms with van der Waals surface area (Å²) in [6.07, 6.45) is 1.74. The Labute approximate surface area is 211 Å². The number of carbonyl (C=O) groups is 2. The SMILES string of the molecule is CCN1C(=O)C(C#N)=C(C)/C(=C/c2cc3sc(-c4ccc(Cl)cc4)nc3n2-c2ccccc2)C1=O. The van der Waals surface area contributed by atoms with E-state index in [0.717, 1.165) is 37.2 Å². The highest BCUT2D eigenvalue weighted by atomic mass is 35.5. The van der Waals surface area contributed by atoms with Gasteiger partial charge in [0.15, 0.2) is 5.65 Å². The van der Waals surface area contributed by atoms with Crippen LogP contribution in [0.3, 0.4) is 0 Å². The molecule has 2 amide bonds. The molecular weight excluding hydrogens is 480 g/mol. The second-order valence-corrected chi connectivity index (χ2v) is 9.45. The summed E-state index contributed by atoms with van der Waals surface area (Å²) in [5.74, 6) is -0.962. The van der Waals surface area contributed by atoms with Crippen LogP contribution in [0.1, 0.15) is 19.5 Å². The van der Waals surface area contributed by atoms with Gasteiger partial charge >= 0.3 is 0 Å². The Morgan fingerprint density at radius 1 is 1.09 bits per heavy atom. The molecule has 2 aromatic heterocycles. The van der Waals surface area contributed by atoms with Gasteiger partial charge < -0.3 is 0 Å². The van der Waals surface area contributed by atoms with Crippen LogP contribution < -0.4 is 0 Å². The normalized spacial score (nSPS) is 15.4. The summed E-state index contributed by atoms with van der Waals surface area (Å²) in [5, 5.41) is 11.1. The smallest absolute Gasteiger partial charge is 0.271 e. The maximum Gasteiger partial charge on any atom is 0.271 e. The Bertz CT molecular complexity index is 1590. The number of hydrogen-bond donors (Lipinski definition) is 0. The zero-order valence-electron chi connectivity index (χ0n) is 18.9. The number of amides is 2. The number of thiazole rings is 1.